The van der Waals surface area contributed by atoms with Gasteiger partial charge in [-0.2, -0.15) is 5.10 Å². The van der Waals surface area contributed by atoms with Crippen molar-refractivity contribution in [2.75, 3.05) is 0 Å². The van der Waals surface area contributed by atoms with Gasteiger partial charge in [-0.05, 0) is 34.7 Å². The Kier molecular flexibility index (Phi) is 3.70. The maximum atomic E-state index is 11.9. The van der Waals surface area contributed by atoms with Crippen molar-refractivity contribution < 1.29 is 9.72 Å². The average molecular weight is 357 g/mol. The number of carbonyl (C=O) groups is 1. The molecule has 0 unspecified atom stereocenters. The highest BCUT2D eigenvalue weighted by atomic mass is 127. The van der Waals surface area contributed by atoms with Crippen molar-refractivity contribution in [2.24, 2.45) is 0 Å². The third kappa shape index (κ3) is 2.92. The van der Waals surface area contributed by atoms with Gasteiger partial charge in [-0.3, -0.25) is 19.6 Å². The minimum atomic E-state index is -0.496. The Morgan fingerprint density at radius 3 is 2.56 bits per heavy atom. The average Bonchev–Trinajstić information content (AvgIpc) is 2.75. The summed E-state index contributed by atoms with van der Waals surface area (Å²) >= 11 is 2.10. The molecule has 92 valence electrons. The van der Waals surface area contributed by atoms with Gasteiger partial charge in [0.15, 0.2) is 5.78 Å². The molecule has 0 aliphatic carbocycles. The van der Waals surface area contributed by atoms with Crippen molar-refractivity contribution in [2.45, 2.75) is 6.54 Å². The van der Waals surface area contributed by atoms with Crippen LogP contribution in [0.3, 0.4) is 0 Å². The molecule has 7 heteroatoms. The van der Waals surface area contributed by atoms with E-state index in [4.69, 9.17) is 0 Å². The van der Waals surface area contributed by atoms with Crippen molar-refractivity contribution in [3.8, 4) is 0 Å². The zero-order chi connectivity index (χ0) is 13.1. The van der Waals surface area contributed by atoms with E-state index in [9.17, 15) is 14.9 Å². The topological polar surface area (TPSA) is 78.0 Å². The molecule has 0 atom stereocenters. The van der Waals surface area contributed by atoms with Crippen LogP contribution >= 0.6 is 22.6 Å². The highest BCUT2D eigenvalue weighted by molar-refractivity contribution is 14.1. The van der Waals surface area contributed by atoms with Crippen LogP contribution in [0, 0.1) is 13.7 Å². The number of benzene rings is 1. The second-order valence-electron chi connectivity index (χ2n) is 3.58. The summed E-state index contributed by atoms with van der Waals surface area (Å²) in [5, 5.41) is 14.5. The van der Waals surface area contributed by atoms with Crippen molar-refractivity contribution in [1.29, 1.82) is 0 Å². The fourth-order valence-corrected chi connectivity index (χ4v) is 1.88. The van der Waals surface area contributed by atoms with Crippen LogP contribution in [-0.2, 0) is 6.54 Å². The summed E-state index contributed by atoms with van der Waals surface area (Å²) in [6, 6.07) is 5.55. The van der Waals surface area contributed by atoms with Gasteiger partial charge in [0.1, 0.15) is 6.54 Å². The van der Waals surface area contributed by atoms with E-state index in [2.05, 4.69) is 27.7 Å². The molecule has 0 amide bonds. The second kappa shape index (κ2) is 5.25. The number of rotatable bonds is 4. The van der Waals surface area contributed by atoms with Crippen LogP contribution in [0.25, 0.3) is 0 Å². The van der Waals surface area contributed by atoms with E-state index < -0.39 is 4.92 Å². The van der Waals surface area contributed by atoms with E-state index in [1.165, 1.54) is 28.9 Å². The number of halogens is 1. The SMILES string of the molecule is O=C(Cn1cc(I)cn1)c1ccc([N+](=O)[O-])cc1. The van der Waals surface area contributed by atoms with Crippen molar-refractivity contribution in [1.82, 2.24) is 9.78 Å². The molecule has 1 aromatic carbocycles. The Hall–Kier alpha value is -1.77. The van der Waals surface area contributed by atoms with Crippen LogP contribution in [0.5, 0.6) is 0 Å². The molecule has 1 aromatic heterocycles. The van der Waals surface area contributed by atoms with Crippen LogP contribution in [0.15, 0.2) is 36.7 Å². The Morgan fingerprint density at radius 2 is 2.06 bits per heavy atom. The fourth-order valence-electron chi connectivity index (χ4n) is 1.43. The Morgan fingerprint density at radius 1 is 1.39 bits per heavy atom. The minimum absolute atomic E-state index is 0.0276. The van der Waals surface area contributed by atoms with Gasteiger partial charge < -0.3 is 0 Å². The standard InChI is InChI=1S/C11H8IN3O3/c12-9-5-13-14(6-9)7-11(16)8-1-3-10(4-2-8)15(17)18/h1-6H,7H2. The van der Waals surface area contributed by atoms with Crippen molar-refractivity contribution >= 4 is 34.1 Å². The molecule has 1 heterocycles. The van der Waals surface area contributed by atoms with E-state index in [1.54, 1.807) is 12.4 Å². The van der Waals surface area contributed by atoms with E-state index in [-0.39, 0.29) is 18.0 Å². The fraction of sp³-hybridized carbons (Fsp3) is 0.0909. The lowest BCUT2D eigenvalue weighted by atomic mass is 10.1. The second-order valence-corrected chi connectivity index (χ2v) is 4.83. The predicted molar refractivity (Wildman–Crippen MR) is 72.4 cm³/mol. The van der Waals surface area contributed by atoms with Crippen LogP contribution in [0.2, 0.25) is 0 Å². The zero-order valence-electron chi connectivity index (χ0n) is 9.12. The zero-order valence-corrected chi connectivity index (χ0v) is 11.3. The van der Waals surface area contributed by atoms with Crippen LogP contribution in [0.4, 0.5) is 5.69 Å². The summed E-state index contributed by atoms with van der Waals surface area (Å²) < 4.78 is 2.48. The van der Waals surface area contributed by atoms with E-state index >= 15 is 0 Å². The molecule has 0 aliphatic rings. The number of ketones is 1. The molecular formula is C11H8IN3O3. The van der Waals surface area contributed by atoms with Gasteiger partial charge in [0, 0.05) is 23.9 Å². The van der Waals surface area contributed by atoms with Gasteiger partial charge in [0.2, 0.25) is 0 Å². The van der Waals surface area contributed by atoms with Crippen LogP contribution in [0.1, 0.15) is 10.4 Å². The molecule has 2 rings (SSSR count). The van der Waals surface area contributed by atoms with Crippen molar-refractivity contribution in [3.05, 3.63) is 55.9 Å². The summed E-state index contributed by atoms with van der Waals surface area (Å²) in [5.74, 6) is -0.135. The van der Waals surface area contributed by atoms with E-state index in [0.29, 0.717) is 5.56 Å². The van der Waals surface area contributed by atoms with E-state index in [0.717, 1.165) is 3.57 Å². The summed E-state index contributed by atoms with van der Waals surface area (Å²) in [5.41, 5.74) is 0.409. The number of nitro benzene ring substituents is 1. The van der Waals surface area contributed by atoms with Gasteiger partial charge in [-0.25, -0.2) is 0 Å². The number of hydrogen-bond acceptors (Lipinski definition) is 4. The van der Waals surface area contributed by atoms with E-state index in [1.807, 2.05) is 0 Å². The largest absolute Gasteiger partial charge is 0.292 e. The molecule has 0 saturated heterocycles. The quantitative estimate of drug-likeness (QED) is 0.364. The summed E-state index contributed by atoms with van der Waals surface area (Å²) in [6.45, 7) is 0.126. The first kappa shape index (κ1) is 12.7. The van der Waals surface area contributed by atoms with Gasteiger partial charge >= 0.3 is 0 Å². The number of nitrogens with zero attached hydrogens (tertiary/aromatic N) is 3. The van der Waals surface area contributed by atoms with Gasteiger partial charge in [-0.15, -0.1) is 0 Å². The molecule has 6 nitrogen and oxygen atoms in total. The lowest BCUT2D eigenvalue weighted by Gasteiger charge is -2.01. The lowest BCUT2D eigenvalue weighted by molar-refractivity contribution is -0.384. The minimum Gasteiger partial charge on any atom is -0.292 e. The predicted octanol–water partition coefficient (Wildman–Crippen LogP) is 2.28. The molecule has 0 spiro atoms. The van der Waals surface area contributed by atoms with Gasteiger partial charge in [-0.1, -0.05) is 0 Å². The Balaban J connectivity index is 2.11. The van der Waals surface area contributed by atoms with Crippen LogP contribution in [-0.4, -0.2) is 20.5 Å². The first-order valence-electron chi connectivity index (χ1n) is 5.02. The highest BCUT2D eigenvalue weighted by Crippen LogP contribution is 2.13. The molecule has 0 radical (unpaired) electrons. The molecule has 0 aliphatic heterocycles. The monoisotopic (exact) mass is 357 g/mol. The normalized spacial score (nSPS) is 10.3. The molecular weight excluding hydrogens is 349 g/mol. The number of hydrogen-bond donors (Lipinski definition) is 0. The number of aromatic nitrogens is 2. The molecule has 0 fully saturated rings. The summed E-state index contributed by atoms with van der Waals surface area (Å²) in [7, 11) is 0. The van der Waals surface area contributed by atoms with Crippen molar-refractivity contribution in [3.63, 3.8) is 0 Å². The summed E-state index contributed by atoms with van der Waals surface area (Å²) in [6.07, 6.45) is 3.41. The third-order valence-corrected chi connectivity index (χ3v) is 2.86. The number of non-ortho nitro benzene ring substituents is 1. The lowest BCUT2D eigenvalue weighted by Crippen LogP contribution is -2.10. The Labute approximate surface area is 116 Å². The molecule has 18 heavy (non-hydrogen) atoms. The maximum Gasteiger partial charge on any atom is 0.269 e. The molecule has 2 aromatic rings. The van der Waals surface area contributed by atoms with Crippen LogP contribution < -0.4 is 0 Å². The molecule has 0 N–H and O–H groups in total. The highest BCUT2D eigenvalue weighted by Gasteiger charge is 2.10. The number of nitro groups is 1. The first-order chi connectivity index (χ1) is 8.56. The maximum absolute atomic E-state index is 11.9. The Bertz CT molecular complexity index is 592. The first-order valence-corrected chi connectivity index (χ1v) is 6.10. The number of Topliss-reactive ketones (excluding diaryl/α,β-unsaturated/α-hetero) is 1. The van der Waals surface area contributed by atoms with Gasteiger partial charge in [0.25, 0.3) is 5.69 Å². The smallest absolute Gasteiger partial charge is 0.269 e. The summed E-state index contributed by atoms with van der Waals surface area (Å²) in [4.78, 5) is 21.9. The van der Waals surface area contributed by atoms with Gasteiger partial charge in [0.05, 0.1) is 14.7 Å². The molecule has 0 bridgehead atoms. The number of carbonyl (C=O) groups excluding carboxylic acids is 1. The molecule has 0 saturated carbocycles. The third-order valence-electron chi connectivity index (χ3n) is 2.31.